The van der Waals surface area contributed by atoms with Crippen molar-refractivity contribution in [3.05, 3.63) is 34.9 Å². The van der Waals surface area contributed by atoms with Crippen LogP contribution in [0.4, 0.5) is 0 Å². The molecule has 1 aromatic rings. The minimum Gasteiger partial charge on any atom is -0.344 e. The lowest BCUT2D eigenvalue weighted by Gasteiger charge is -2.16. The van der Waals surface area contributed by atoms with Gasteiger partial charge in [0, 0.05) is 20.1 Å². The summed E-state index contributed by atoms with van der Waals surface area (Å²) in [6.07, 6.45) is 0.456. The average molecular weight is 220 g/mol. The van der Waals surface area contributed by atoms with Crippen LogP contribution in [0.5, 0.6) is 0 Å². The summed E-state index contributed by atoms with van der Waals surface area (Å²) < 4.78 is 0. The Balaban J connectivity index is 2.66. The lowest BCUT2D eigenvalue weighted by atomic mass is 10.0. The number of benzene rings is 1. The van der Waals surface area contributed by atoms with Gasteiger partial charge in [-0.05, 0) is 30.5 Å². The number of likely N-dealkylation sites (N-methyl/N-ethyl adjacent to an activating group) is 1. The number of rotatable bonds is 4. The van der Waals surface area contributed by atoms with Crippen LogP contribution in [-0.4, -0.2) is 30.9 Å². The van der Waals surface area contributed by atoms with Crippen LogP contribution in [0.1, 0.15) is 16.7 Å². The fourth-order valence-electron chi connectivity index (χ4n) is 1.54. The van der Waals surface area contributed by atoms with Crippen molar-refractivity contribution in [1.82, 2.24) is 4.90 Å². The van der Waals surface area contributed by atoms with Crippen LogP contribution in [0, 0.1) is 13.8 Å². The van der Waals surface area contributed by atoms with Gasteiger partial charge in [-0.2, -0.15) is 0 Å². The number of hydrogen-bond acceptors (Lipinski definition) is 2. The van der Waals surface area contributed by atoms with Crippen LogP contribution in [-0.2, 0) is 11.2 Å². The first kappa shape index (κ1) is 12.7. The molecule has 0 saturated heterocycles. The third-order valence-electron chi connectivity index (χ3n) is 2.82. The molecule has 88 valence electrons. The summed E-state index contributed by atoms with van der Waals surface area (Å²) in [6.45, 7) is 5.26. The number of carbonyl (C=O) groups is 1. The first-order chi connectivity index (χ1) is 7.54. The topological polar surface area (TPSA) is 46.3 Å². The van der Waals surface area contributed by atoms with Gasteiger partial charge in [0.15, 0.2) is 0 Å². The Hall–Kier alpha value is -1.35. The number of nitrogens with zero attached hydrogens (tertiary/aromatic N) is 1. The van der Waals surface area contributed by atoms with E-state index in [2.05, 4.69) is 26.0 Å². The summed E-state index contributed by atoms with van der Waals surface area (Å²) in [5.74, 6) is 0.119. The highest BCUT2D eigenvalue weighted by molar-refractivity contribution is 5.78. The molecule has 0 spiro atoms. The minimum atomic E-state index is 0.119. The van der Waals surface area contributed by atoms with Crippen LogP contribution in [0.15, 0.2) is 18.2 Å². The molecule has 3 heteroatoms. The predicted molar refractivity (Wildman–Crippen MR) is 66.3 cm³/mol. The van der Waals surface area contributed by atoms with Crippen molar-refractivity contribution in [3.8, 4) is 0 Å². The largest absolute Gasteiger partial charge is 0.344 e. The normalized spacial score (nSPS) is 10.2. The lowest BCUT2D eigenvalue weighted by Crippen LogP contribution is -2.32. The molecule has 0 saturated carbocycles. The number of aryl methyl sites for hydroxylation is 2. The molecule has 0 aromatic heterocycles. The van der Waals surface area contributed by atoms with Gasteiger partial charge in [0.2, 0.25) is 5.91 Å². The molecule has 3 nitrogen and oxygen atoms in total. The van der Waals surface area contributed by atoms with Gasteiger partial charge in [-0.15, -0.1) is 0 Å². The molecule has 0 aliphatic carbocycles. The highest BCUT2D eigenvalue weighted by atomic mass is 16.2. The summed E-state index contributed by atoms with van der Waals surface area (Å²) in [7, 11) is 1.79. The van der Waals surface area contributed by atoms with Crippen LogP contribution >= 0.6 is 0 Å². The molecular formula is C13H20N2O. The number of amides is 1. The van der Waals surface area contributed by atoms with E-state index < -0.39 is 0 Å². The molecule has 0 heterocycles. The first-order valence-corrected chi connectivity index (χ1v) is 5.54. The molecule has 0 aliphatic heterocycles. The average Bonchev–Trinajstić information content (AvgIpc) is 2.24. The van der Waals surface area contributed by atoms with Gasteiger partial charge >= 0.3 is 0 Å². The zero-order valence-corrected chi connectivity index (χ0v) is 10.3. The third-order valence-corrected chi connectivity index (χ3v) is 2.82. The fraction of sp³-hybridized carbons (Fsp3) is 0.462. The number of hydrogen-bond donors (Lipinski definition) is 1. The number of nitrogens with two attached hydrogens (primary N) is 1. The van der Waals surface area contributed by atoms with Crippen molar-refractivity contribution in [1.29, 1.82) is 0 Å². The van der Waals surface area contributed by atoms with Crippen molar-refractivity contribution in [2.24, 2.45) is 5.73 Å². The van der Waals surface area contributed by atoms with Gasteiger partial charge in [-0.1, -0.05) is 18.2 Å². The summed E-state index contributed by atoms with van der Waals surface area (Å²) in [4.78, 5) is 13.4. The van der Waals surface area contributed by atoms with Crippen LogP contribution in [0.25, 0.3) is 0 Å². The second-order valence-electron chi connectivity index (χ2n) is 4.20. The van der Waals surface area contributed by atoms with E-state index in [1.54, 1.807) is 11.9 Å². The lowest BCUT2D eigenvalue weighted by molar-refractivity contribution is -0.129. The molecule has 0 fully saturated rings. The molecular weight excluding hydrogens is 200 g/mol. The Kier molecular flexibility index (Phi) is 4.50. The van der Waals surface area contributed by atoms with E-state index in [9.17, 15) is 4.79 Å². The highest BCUT2D eigenvalue weighted by Crippen LogP contribution is 2.10. The maximum Gasteiger partial charge on any atom is 0.226 e. The maximum atomic E-state index is 11.8. The zero-order chi connectivity index (χ0) is 12.1. The van der Waals surface area contributed by atoms with Crippen molar-refractivity contribution in [3.63, 3.8) is 0 Å². The second-order valence-corrected chi connectivity index (χ2v) is 4.20. The van der Waals surface area contributed by atoms with Gasteiger partial charge in [-0.25, -0.2) is 0 Å². The quantitative estimate of drug-likeness (QED) is 0.830. The predicted octanol–water partition coefficient (Wildman–Crippen LogP) is 1.26. The maximum absolute atomic E-state index is 11.8. The fourth-order valence-corrected chi connectivity index (χ4v) is 1.54. The third kappa shape index (κ3) is 3.35. The molecule has 0 atom stereocenters. The molecule has 1 amide bonds. The molecule has 0 aliphatic rings. The Bertz CT molecular complexity index is 374. The minimum absolute atomic E-state index is 0.119. The van der Waals surface area contributed by atoms with Crippen LogP contribution in [0.2, 0.25) is 0 Å². The van der Waals surface area contributed by atoms with Crippen LogP contribution < -0.4 is 5.73 Å². The second kappa shape index (κ2) is 5.66. The molecule has 0 radical (unpaired) electrons. The Morgan fingerprint density at radius 2 is 2.00 bits per heavy atom. The Morgan fingerprint density at radius 3 is 2.56 bits per heavy atom. The molecule has 2 N–H and O–H groups in total. The molecule has 0 unspecified atom stereocenters. The molecule has 0 bridgehead atoms. The van der Waals surface area contributed by atoms with E-state index in [4.69, 9.17) is 5.73 Å². The van der Waals surface area contributed by atoms with E-state index >= 15 is 0 Å². The van der Waals surface area contributed by atoms with Gasteiger partial charge in [0.1, 0.15) is 0 Å². The van der Waals surface area contributed by atoms with Gasteiger partial charge < -0.3 is 10.6 Å². The van der Waals surface area contributed by atoms with E-state index in [-0.39, 0.29) is 5.91 Å². The van der Waals surface area contributed by atoms with Crippen molar-refractivity contribution in [2.45, 2.75) is 20.3 Å². The summed E-state index contributed by atoms with van der Waals surface area (Å²) in [5, 5.41) is 0. The van der Waals surface area contributed by atoms with E-state index in [0.717, 1.165) is 5.56 Å². The molecule has 16 heavy (non-hydrogen) atoms. The molecule has 1 rings (SSSR count). The smallest absolute Gasteiger partial charge is 0.226 e. The summed E-state index contributed by atoms with van der Waals surface area (Å²) in [5.41, 5.74) is 8.96. The standard InChI is InChI=1S/C13H20N2O/c1-10-4-5-12(8-11(10)2)9-13(16)15(3)7-6-14/h4-5,8H,6-7,9,14H2,1-3H3. The van der Waals surface area contributed by atoms with E-state index in [0.29, 0.717) is 19.5 Å². The van der Waals surface area contributed by atoms with Crippen molar-refractivity contribution < 1.29 is 4.79 Å². The zero-order valence-electron chi connectivity index (χ0n) is 10.3. The van der Waals surface area contributed by atoms with Gasteiger partial charge in [-0.3, -0.25) is 4.79 Å². The van der Waals surface area contributed by atoms with E-state index in [1.807, 2.05) is 6.07 Å². The summed E-state index contributed by atoms with van der Waals surface area (Å²) >= 11 is 0. The Labute approximate surface area is 97.2 Å². The van der Waals surface area contributed by atoms with Crippen LogP contribution in [0.3, 0.4) is 0 Å². The Morgan fingerprint density at radius 1 is 1.31 bits per heavy atom. The van der Waals surface area contributed by atoms with Crippen molar-refractivity contribution >= 4 is 5.91 Å². The van der Waals surface area contributed by atoms with Crippen molar-refractivity contribution in [2.75, 3.05) is 20.1 Å². The summed E-state index contributed by atoms with van der Waals surface area (Å²) in [6, 6.07) is 6.14. The number of carbonyl (C=O) groups excluding carboxylic acids is 1. The first-order valence-electron chi connectivity index (χ1n) is 5.54. The van der Waals surface area contributed by atoms with Gasteiger partial charge in [0.25, 0.3) is 0 Å². The highest BCUT2D eigenvalue weighted by Gasteiger charge is 2.08. The van der Waals surface area contributed by atoms with Gasteiger partial charge in [0.05, 0.1) is 6.42 Å². The SMILES string of the molecule is Cc1ccc(CC(=O)N(C)CCN)cc1C. The van der Waals surface area contributed by atoms with E-state index in [1.165, 1.54) is 11.1 Å². The monoisotopic (exact) mass is 220 g/mol. The molecule has 1 aromatic carbocycles.